The van der Waals surface area contributed by atoms with Crippen molar-refractivity contribution in [2.75, 3.05) is 12.9 Å². The molecular weight excluding hydrogens is 270 g/mol. The summed E-state index contributed by atoms with van der Waals surface area (Å²) in [5.41, 5.74) is 0. The number of hydrogen-bond donors (Lipinski definition) is 0. The molecule has 5 atom stereocenters. The maximum absolute atomic E-state index is 12.0. The fourth-order valence-electron chi connectivity index (χ4n) is 3.79. The highest BCUT2D eigenvalue weighted by Crippen LogP contribution is 2.58. The topological polar surface area (TPSA) is 72.9 Å². The Kier molecular flexibility index (Phi) is 3.01. The number of nitrogens with zero attached hydrogens (tertiary/aromatic N) is 1. The van der Waals surface area contributed by atoms with Crippen LogP contribution < -0.4 is 0 Å². The number of amides is 1. The smallest absolute Gasteiger partial charge is 0.410 e. The van der Waals surface area contributed by atoms with E-state index in [4.69, 9.17) is 8.92 Å². The largest absolute Gasteiger partial charge is 0.450 e. The van der Waals surface area contributed by atoms with E-state index in [1.165, 1.54) is 0 Å². The predicted octanol–water partition coefficient (Wildman–Crippen LogP) is 0.970. The van der Waals surface area contributed by atoms with Crippen LogP contribution in [0.2, 0.25) is 0 Å². The molecule has 0 radical (unpaired) electrons. The van der Waals surface area contributed by atoms with Crippen molar-refractivity contribution in [2.24, 2.45) is 11.8 Å². The molecule has 19 heavy (non-hydrogen) atoms. The van der Waals surface area contributed by atoms with Gasteiger partial charge in [0, 0.05) is 12.1 Å². The molecule has 7 heteroatoms. The minimum Gasteiger partial charge on any atom is -0.450 e. The van der Waals surface area contributed by atoms with E-state index in [0.29, 0.717) is 31.3 Å². The molecule has 0 aromatic rings. The molecule has 3 rings (SSSR count). The lowest BCUT2D eigenvalue weighted by Crippen LogP contribution is -2.51. The standard InChI is InChI=1S/C12H19NO5S/c1-3-17-12(14)13-10-4-7(18-19(2,15)16)5-11(13)9-6-8(9)10/h7-11H,3-6H2,1-2H3/t7?,8-,9+,10?,11?. The van der Waals surface area contributed by atoms with Crippen LogP contribution in [0.3, 0.4) is 0 Å². The van der Waals surface area contributed by atoms with Gasteiger partial charge in [-0.15, -0.1) is 0 Å². The Morgan fingerprint density at radius 2 is 1.79 bits per heavy atom. The first kappa shape index (κ1) is 13.2. The van der Waals surface area contributed by atoms with Crippen LogP contribution in [0.15, 0.2) is 0 Å². The molecule has 1 saturated carbocycles. The van der Waals surface area contributed by atoms with E-state index >= 15 is 0 Å². The van der Waals surface area contributed by atoms with Gasteiger partial charge in [0.2, 0.25) is 0 Å². The molecule has 2 aliphatic heterocycles. The van der Waals surface area contributed by atoms with Gasteiger partial charge in [0.1, 0.15) is 0 Å². The monoisotopic (exact) mass is 289 g/mol. The van der Waals surface area contributed by atoms with Crippen molar-refractivity contribution in [3.8, 4) is 0 Å². The summed E-state index contributed by atoms with van der Waals surface area (Å²) in [6, 6.07) is 0.184. The first-order valence-corrected chi connectivity index (χ1v) is 8.55. The molecule has 3 fully saturated rings. The summed E-state index contributed by atoms with van der Waals surface area (Å²) in [5.74, 6) is 1.03. The number of rotatable bonds is 3. The van der Waals surface area contributed by atoms with Crippen LogP contribution in [0, 0.1) is 11.8 Å². The van der Waals surface area contributed by atoms with Gasteiger partial charge in [-0.2, -0.15) is 8.42 Å². The molecule has 108 valence electrons. The molecule has 2 bridgehead atoms. The fraction of sp³-hybridized carbons (Fsp3) is 0.917. The highest BCUT2D eigenvalue weighted by molar-refractivity contribution is 7.86. The van der Waals surface area contributed by atoms with Crippen LogP contribution in [-0.4, -0.2) is 50.5 Å². The molecule has 6 nitrogen and oxygen atoms in total. The third kappa shape index (κ3) is 2.33. The lowest BCUT2D eigenvalue weighted by molar-refractivity contribution is 0.0233. The Labute approximate surface area is 113 Å². The van der Waals surface area contributed by atoms with Gasteiger partial charge < -0.3 is 9.64 Å². The summed E-state index contributed by atoms with van der Waals surface area (Å²) in [7, 11) is -3.43. The van der Waals surface area contributed by atoms with E-state index in [0.717, 1.165) is 12.7 Å². The summed E-state index contributed by atoms with van der Waals surface area (Å²) in [6.07, 6.45) is 2.88. The Morgan fingerprint density at radius 3 is 2.26 bits per heavy atom. The van der Waals surface area contributed by atoms with Crippen molar-refractivity contribution in [1.29, 1.82) is 0 Å². The highest BCUT2D eigenvalue weighted by atomic mass is 32.2. The number of carbonyl (C=O) groups excluding carboxylic acids is 1. The Hall–Kier alpha value is -0.820. The normalized spacial score (nSPS) is 39.9. The summed E-state index contributed by atoms with van der Waals surface area (Å²) >= 11 is 0. The molecule has 2 heterocycles. The van der Waals surface area contributed by atoms with Crippen LogP contribution in [0.5, 0.6) is 0 Å². The maximum atomic E-state index is 12.0. The second-order valence-electron chi connectivity index (χ2n) is 5.70. The molecule has 0 spiro atoms. The van der Waals surface area contributed by atoms with E-state index in [1.54, 1.807) is 6.92 Å². The lowest BCUT2D eigenvalue weighted by atomic mass is 9.96. The lowest BCUT2D eigenvalue weighted by Gasteiger charge is -2.39. The van der Waals surface area contributed by atoms with E-state index in [2.05, 4.69) is 0 Å². The maximum Gasteiger partial charge on any atom is 0.410 e. The molecule has 0 aromatic carbocycles. The zero-order chi connectivity index (χ0) is 13.8. The van der Waals surface area contributed by atoms with Gasteiger partial charge in [-0.1, -0.05) is 0 Å². The van der Waals surface area contributed by atoms with E-state index in [9.17, 15) is 13.2 Å². The van der Waals surface area contributed by atoms with Gasteiger partial charge in [-0.05, 0) is 38.0 Å². The minimum atomic E-state index is -3.43. The molecular formula is C12H19NO5S. The zero-order valence-corrected chi connectivity index (χ0v) is 11.9. The van der Waals surface area contributed by atoms with E-state index in [1.807, 2.05) is 4.90 Å². The first-order valence-electron chi connectivity index (χ1n) is 6.74. The van der Waals surface area contributed by atoms with Crippen molar-refractivity contribution in [3.63, 3.8) is 0 Å². The second-order valence-corrected chi connectivity index (χ2v) is 7.30. The van der Waals surface area contributed by atoms with Crippen LogP contribution in [0.1, 0.15) is 26.2 Å². The predicted molar refractivity (Wildman–Crippen MR) is 67.0 cm³/mol. The van der Waals surface area contributed by atoms with Crippen LogP contribution in [0.25, 0.3) is 0 Å². The Bertz CT molecular complexity index is 472. The Morgan fingerprint density at radius 1 is 1.21 bits per heavy atom. The summed E-state index contributed by atoms with van der Waals surface area (Å²) in [4.78, 5) is 13.8. The van der Waals surface area contributed by atoms with Crippen molar-refractivity contribution in [1.82, 2.24) is 4.90 Å². The first-order chi connectivity index (χ1) is 8.90. The average molecular weight is 289 g/mol. The molecule has 0 aromatic heterocycles. The van der Waals surface area contributed by atoms with Crippen molar-refractivity contribution in [2.45, 2.75) is 44.4 Å². The molecule has 2 saturated heterocycles. The summed E-state index contributed by atoms with van der Waals surface area (Å²) in [6.45, 7) is 2.16. The number of hydrogen-bond acceptors (Lipinski definition) is 5. The van der Waals surface area contributed by atoms with Gasteiger partial charge in [0.05, 0.1) is 19.0 Å². The van der Waals surface area contributed by atoms with Gasteiger partial charge in [0.25, 0.3) is 10.1 Å². The quantitative estimate of drug-likeness (QED) is 0.724. The third-order valence-electron chi connectivity index (χ3n) is 4.39. The van der Waals surface area contributed by atoms with Crippen LogP contribution in [-0.2, 0) is 19.0 Å². The zero-order valence-electron chi connectivity index (χ0n) is 11.1. The van der Waals surface area contributed by atoms with Crippen molar-refractivity contribution < 1.29 is 22.1 Å². The van der Waals surface area contributed by atoms with Crippen molar-refractivity contribution >= 4 is 16.2 Å². The summed E-state index contributed by atoms with van der Waals surface area (Å²) in [5, 5.41) is 0. The van der Waals surface area contributed by atoms with Crippen molar-refractivity contribution in [3.05, 3.63) is 0 Å². The molecule has 3 aliphatic rings. The third-order valence-corrected chi connectivity index (χ3v) is 5.01. The number of carbonyl (C=O) groups is 1. The molecule has 1 amide bonds. The average Bonchev–Trinajstić information content (AvgIpc) is 3.01. The second kappa shape index (κ2) is 4.34. The van der Waals surface area contributed by atoms with E-state index < -0.39 is 10.1 Å². The van der Waals surface area contributed by atoms with Gasteiger partial charge in [0.15, 0.2) is 0 Å². The molecule has 1 aliphatic carbocycles. The van der Waals surface area contributed by atoms with Gasteiger partial charge >= 0.3 is 6.09 Å². The van der Waals surface area contributed by atoms with Gasteiger partial charge in [-0.3, -0.25) is 4.18 Å². The fourth-order valence-corrected chi connectivity index (χ4v) is 4.44. The highest BCUT2D eigenvalue weighted by Gasteiger charge is 2.63. The summed E-state index contributed by atoms with van der Waals surface area (Å²) < 4.78 is 32.6. The van der Waals surface area contributed by atoms with E-state index in [-0.39, 0.29) is 24.3 Å². The Balaban J connectivity index is 1.72. The van der Waals surface area contributed by atoms with Crippen LogP contribution in [0.4, 0.5) is 4.79 Å². The minimum absolute atomic E-state index is 0.0922. The number of ether oxygens (including phenoxy) is 1. The van der Waals surface area contributed by atoms with Gasteiger partial charge in [-0.25, -0.2) is 4.79 Å². The van der Waals surface area contributed by atoms with Crippen LogP contribution >= 0.6 is 0 Å². The number of fused-ring (bicyclic) bond motifs is 5. The SMILES string of the molecule is CCOC(=O)N1C2CC(OS(C)(=O)=O)CC1[C@@H]1C[C@H]21. The molecule has 0 N–H and O–H groups in total. The number of piperidine rings is 2. The molecule has 3 unspecified atom stereocenters.